The molecule has 0 saturated heterocycles. The molecule has 1 unspecified atom stereocenters. The van der Waals surface area contributed by atoms with E-state index in [1.165, 1.54) is 0 Å². The van der Waals surface area contributed by atoms with Gasteiger partial charge in [0.2, 0.25) is 11.8 Å². The van der Waals surface area contributed by atoms with Crippen LogP contribution in [0.4, 0.5) is 5.69 Å². The zero-order valence-electron chi connectivity index (χ0n) is 17.4. The molecule has 1 amide bonds. The Hall–Kier alpha value is -3.55. The molecule has 3 N–H and O–H groups in total. The van der Waals surface area contributed by atoms with Crippen LogP contribution in [0, 0.1) is 12.8 Å². The van der Waals surface area contributed by atoms with Crippen LogP contribution >= 0.6 is 0 Å². The molecule has 2 aliphatic heterocycles. The van der Waals surface area contributed by atoms with Crippen molar-refractivity contribution in [2.45, 2.75) is 32.1 Å². The molecule has 5 rings (SSSR count). The fraction of sp³-hybridized carbons (Fsp3) is 0.348. The van der Waals surface area contributed by atoms with Gasteiger partial charge in [-0.15, -0.1) is 0 Å². The first-order valence-electron chi connectivity index (χ1n) is 10.4. The Morgan fingerprint density at radius 3 is 2.77 bits per heavy atom. The van der Waals surface area contributed by atoms with Gasteiger partial charge in [0.1, 0.15) is 16.7 Å². The second-order valence-corrected chi connectivity index (χ2v) is 8.21. The number of hydrogen-bond acceptors (Lipinski definition) is 6. The van der Waals surface area contributed by atoms with E-state index in [4.69, 9.17) is 15.2 Å². The van der Waals surface area contributed by atoms with Gasteiger partial charge in [-0.25, -0.2) is 4.79 Å². The first kappa shape index (κ1) is 19.4. The molecule has 8 nitrogen and oxygen atoms in total. The summed E-state index contributed by atoms with van der Waals surface area (Å²) in [4.78, 5) is 45.0. The molecule has 31 heavy (non-hydrogen) atoms. The zero-order chi connectivity index (χ0) is 21.9. The molecule has 3 aliphatic rings. The summed E-state index contributed by atoms with van der Waals surface area (Å²) in [6.07, 6.45) is 2.09. The molecule has 1 atom stereocenters. The highest BCUT2D eigenvalue weighted by atomic mass is 16.5. The monoisotopic (exact) mass is 421 g/mol. The van der Waals surface area contributed by atoms with Crippen LogP contribution in [0.3, 0.4) is 0 Å². The SMILES string of the molecule is CCOC(=O)C1=C(N)Oc2cc(C)[nH]c(=O)c2C12C(=O)N(CC1CC1)c1ccccc12. The van der Waals surface area contributed by atoms with Crippen LogP contribution in [-0.4, -0.2) is 30.0 Å². The number of nitrogens with two attached hydrogens (primary N) is 1. The first-order valence-corrected chi connectivity index (χ1v) is 10.4. The Labute approximate surface area is 178 Å². The first-order chi connectivity index (χ1) is 14.9. The highest BCUT2D eigenvalue weighted by Gasteiger charge is 2.62. The number of benzene rings is 1. The van der Waals surface area contributed by atoms with Crippen LogP contribution in [0.25, 0.3) is 0 Å². The van der Waals surface area contributed by atoms with E-state index in [1.54, 1.807) is 36.9 Å². The molecular weight excluding hydrogens is 398 g/mol. The fourth-order valence-corrected chi connectivity index (χ4v) is 4.71. The minimum Gasteiger partial charge on any atom is -0.462 e. The summed E-state index contributed by atoms with van der Waals surface area (Å²) in [6.45, 7) is 3.99. The Kier molecular flexibility index (Phi) is 4.22. The number of anilines is 1. The number of pyridine rings is 1. The largest absolute Gasteiger partial charge is 0.462 e. The van der Waals surface area contributed by atoms with E-state index in [1.807, 2.05) is 12.1 Å². The van der Waals surface area contributed by atoms with Crippen LogP contribution in [0.15, 0.2) is 46.6 Å². The molecule has 1 spiro atoms. The average molecular weight is 421 g/mol. The third-order valence-electron chi connectivity index (χ3n) is 6.13. The molecule has 1 aliphatic carbocycles. The maximum Gasteiger partial charge on any atom is 0.341 e. The number of fused-ring (bicyclic) bond motifs is 4. The molecule has 1 aromatic carbocycles. The number of hydrogen-bond donors (Lipinski definition) is 2. The van der Waals surface area contributed by atoms with E-state index in [9.17, 15) is 14.4 Å². The van der Waals surface area contributed by atoms with E-state index in [0.717, 1.165) is 12.8 Å². The van der Waals surface area contributed by atoms with Gasteiger partial charge in [0.05, 0.1) is 12.2 Å². The minimum atomic E-state index is -1.73. The second-order valence-electron chi connectivity index (χ2n) is 8.21. The molecule has 1 aromatic heterocycles. The molecule has 2 aromatic rings. The summed E-state index contributed by atoms with van der Waals surface area (Å²) in [5.74, 6) is -0.821. The maximum absolute atomic E-state index is 14.2. The molecule has 160 valence electrons. The number of carbonyl (C=O) groups is 2. The number of para-hydroxylation sites is 1. The highest BCUT2D eigenvalue weighted by Crippen LogP contribution is 2.55. The number of aromatic nitrogens is 1. The topological polar surface area (TPSA) is 115 Å². The van der Waals surface area contributed by atoms with Gasteiger partial charge < -0.3 is 25.1 Å². The smallest absolute Gasteiger partial charge is 0.341 e. The lowest BCUT2D eigenvalue weighted by Crippen LogP contribution is -2.51. The lowest BCUT2D eigenvalue weighted by Gasteiger charge is -2.35. The number of aryl methyl sites for hydroxylation is 1. The number of H-pyrrole nitrogens is 1. The second kappa shape index (κ2) is 6.73. The van der Waals surface area contributed by atoms with Crippen molar-refractivity contribution in [2.75, 3.05) is 18.1 Å². The Morgan fingerprint density at radius 2 is 2.06 bits per heavy atom. The van der Waals surface area contributed by atoms with Crippen molar-refractivity contribution in [1.29, 1.82) is 0 Å². The summed E-state index contributed by atoms with van der Waals surface area (Å²) >= 11 is 0. The molecule has 3 heterocycles. The van der Waals surface area contributed by atoms with Crippen LogP contribution < -0.4 is 20.9 Å². The van der Waals surface area contributed by atoms with Crippen molar-refractivity contribution < 1.29 is 19.1 Å². The summed E-state index contributed by atoms with van der Waals surface area (Å²) < 4.78 is 11.0. The Bertz CT molecular complexity index is 1210. The number of nitrogens with one attached hydrogen (secondary N) is 1. The molecule has 8 heteroatoms. The molecule has 1 fully saturated rings. The minimum absolute atomic E-state index is 0.0612. The Balaban J connectivity index is 1.87. The number of esters is 1. The molecule has 0 radical (unpaired) electrons. The average Bonchev–Trinajstić information content (AvgIpc) is 3.51. The summed E-state index contributed by atoms with van der Waals surface area (Å²) in [5, 5.41) is 0. The van der Waals surface area contributed by atoms with Gasteiger partial charge in [-0.1, -0.05) is 18.2 Å². The van der Waals surface area contributed by atoms with E-state index < -0.39 is 16.9 Å². The van der Waals surface area contributed by atoms with E-state index in [0.29, 0.717) is 29.4 Å². The van der Waals surface area contributed by atoms with Crippen molar-refractivity contribution >= 4 is 17.6 Å². The number of carbonyl (C=O) groups excluding carboxylic acids is 2. The van der Waals surface area contributed by atoms with Gasteiger partial charge in [0.25, 0.3) is 5.56 Å². The predicted octanol–water partition coefficient (Wildman–Crippen LogP) is 1.85. The molecular formula is C23H23N3O5. The number of amides is 1. The van der Waals surface area contributed by atoms with Crippen LogP contribution in [0.5, 0.6) is 5.75 Å². The van der Waals surface area contributed by atoms with Crippen LogP contribution in [0.2, 0.25) is 0 Å². The number of nitrogens with zero attached hydrogens (tertiary/aromatic N) is 1. The van der Waals surface area contributed by atoms with Gasteiger partial charge in [0.15, 0.2) is 0 Å². The van der Waals surface area contributed by atoms with Crippen LogP contribution in [-0.2, 0) is 19.7 Å². The van der Waals surface area contributed by atoms with Crippen molar-refractivity contribution in [3.63, 3.8) is 0 Å². The number of aromatic amines is 1. The van der Waals surface area contributed by atoms with Crippen molar-refractivity contribution in [2.24, 2.45) is 11.7 Å². The van der Waals surface area contributed by atoms with Gasteiger partial charge in [0, 0.05) is 29.6 Å². The lowest BCUT2D eigenvalue weighted by molar-refractivity contribution is -0.140. The lowest BCUT2D eigenvalue weighted by atomic mass is 9.68. The van der Waals surface area contributed by atoms with E-state index >= 15 is 0 Å². The van der Waals surface area contributed by atoms with Gasteiger partial charge in [-0.3, -0.25) is 9.59 Å². The normalized spacial score (nSPS) is 21.7. The van der Waals surface area contributed by atoms with Crippen molar-refractivity contribution in [3.8, 4) is 5.75 Å². The van der Waals surface area contributed by atoms with Crippen molar-refractivity contribution in [3.05, 3.63) is 69.0 Å². The molecule has 0 bridgehead atoms. The molecule has 1 saturated carbocycles. The third kappa shape index (κ3) is 2.64. The summed E-state index contributed by atoms with van der Waals surface area (Å²) in [7, 11) is 0. The van der Waals surface area contributed by atoms with E-state index in [-0.39, 0.29) is 35.3 Å². The van der Waals surface area contributed by atoms with Crippen molar-refractivity contribution in [1.82, 2.24) is 4.98 Å². The van der Waals surface area contributed by atoms with Gasteiger partial charge >= 0.3 is 5.97 Å². The standard InChI is InChI=1S/C23H23N3O5/c1-3-30-21(28)18-19(24)31-16-10-12(2)25-20(27)17(16)23(18)14-6-4-5-7-15(14)26(22(23)29)11-13-8-9-13/h4-7,10,13H,3,8-9,11,24H2,1-2H3,(H,25,27). The quantitative estimate of drug-likeness (QED) is 0.728. The summed E-state index contributed by atoms with van der Waals surface area (Å²) in [6, 6.07) is 8.83. The van der Waals surface area contributed by atoms with Gasteiger partial charge in [-0.2, -0.15) is 0 Å². The Morgan fingerprint density at radius 1 is 1.32 bits per heavy atom. The third-order valence-corrected chi connectivity index (χ3v) is 6.13. The maximum atomic E-state index is 14.2. The highest BCUT2D eigenvalue weighted by molar-refractivity contribution is 6.18. The zero-order valence-corrected chi connectivity index (χ0v) is 17.4. The summed E-state index contributed by atoms with van der Waals surface area (Å²) in [5.41, 5.74) is 5.68. The number of ether oxygens (including phenoxy) is 2. The van der Waals surface area contributed by atoms with Crippen LogP contribution in [0.1, 0.15) is 36.6 Å². The fourth-order valence-electron chi connectivity index (χ4n) is 4.71. The van der Waals surface area contributed by atoms with Gasteiger partial charge in [-0.05, 0) is 38.7 Å². The predicted molar refractivity (Wildman–Crippen MR) is 113 cm³/mol. The van der Waals surface area contributed by atoms with E-state index in [2.05, 4.69) is 4.98 Å². The number of rotatable bonds is 4.